The van der Waals surface area contributed by atoms with Gasteiger partial charge in [-0.05, 0) is 38.7 Å². The van der Waals surface area contributed by atoms with E-state index in [1.165, 1.54) is 5.56 Å². The van der Waals surface area contributed by atoms with E-state index < -0.39 is 17.8 Å². The standard InChI is InChI=1S/C18H25F3N2O/c1-17(2)13-16(24)22-23(17)15(18(19,20)21)12-8-4-7-11-14-9-5-3-6-10-14/h3,5-6,9-10,15H,4,7-8,11-13H2,1-2H3,(H,22,24). The molecule has 0 spiro atoms. The van der Waals surface area contributed by atoms with E-state index >= 15 is 0 Å². The van der Waals surface area contributed by atoms with Crippen LogP contribution in [-0.2, 0) is 11.2 Å². The first kappa shape index (κ1) is 18.8. The van der Waals surface area contributed by atoms with Gasteiger partial charge in [0.15, 0.2) is 0 Å². The van der Waals surface area contributed by atoms with Gasteiger partial charge in [0.25, 0.3) is 0 Å². The number of hydrogen-bond acceptors (Lipinski definition) is 2. The van der Waals surface area contributed by atoms with E-state index in [0.717, 1.165) is 24.3 Å². The largest absolute Gasteiger partial charge is 0.405 e. The zero-order chi connectivity index (χ0) is 17.8. The summed E-state index contributed by atoms with van der Waals surface area (Å²) in [5.74, 6) is -0.349. The molecule has 134 valence electrons. The van der Waals surface area contributed by atoms with Crippen molar-refractivity contribution < 1.29 is 18.0 Å². The van der Waals surface area contributed by atoms with Crippen LogP contribution >= 0.6 is 0 Å². The highest BCUT2D eigenvalue weighted by Gasteiger charge is 2.51. The molecule has 3 nitrogen and oxygen atoms in total. The van der Waals surface area contributed by atoms with E-state index in [9.17, 15) is 18.0 Å². The minimum absolute atomic E-state index is 0.00198. The van der Waals surface area contributed by atoms with E-state index in [4.69, 9.17) is 0 Å². The van der Waals surface area contributed by atoms with Crippen molar-refractivity contribution in [3.63, 3.8) is 0 Å². The van der Waals surface area contributed by atoms with Crippen molar-refractivity contribution >= 4 is 5.91 Å². The Bertz CT molecular complexity index is 543. The number of aryl methyl sites for hydroxylation is 1. The van der Waals surface area contributed by atoms with Crippen LogP contribution in [0, 0.1) is 0 Å². The summed E-state index contributed by atoms with van der Waals surface area (Å²) in [7, 11) is 0. The number of hydrazine groups is 1. The van der Waals surface area contributed by atoms with Crippen LogP contribution in [0.15, 0.2) is 30.3 Å². The Labute approximate surface area is 141 Å². The predicted molar refractivity (Wildman–Crippen MR) is 87.1 cm³/mol. The first-order valence-corrected chi connectivity index (χ1v) is 8.39. The highest BCUT2D eigenvalue weighted by molar-refractivity contribution is 5.78. The summed E-state index contributed by atoms with van der Waals surface area (Å²) in [6.07, 6.45) is -1.29. The molecule has 1 aromatic rings. The van der Waals surface area contributed by atoms with E-state index in [1.807, 2.05) is 30.3 Å². The minimum Gasteiger partial charge on any atom is -0.288 e. The number of alkyl halides is 3. The van der Waals surface area contributed by atoms with Crippen molar-refractivity contribution in [2.45, 2.75) is 70.1 Å². The van der Waals surface area contributed by atoms with Gasteiger partial charge in [0, 0.05) is 12.0 Å². The first-order valence-electron chi connectivity index (χ1n) is 8.39. The predicted octanol–water partition coefficient (Wildman–Crippen LogP) is 4.24. The van der Waals surface area contributed by atoms with Crippen molar-refractivity contribution in [3.8, 4) is 0 Å². The molecule has 1 heterocycles. The lowest BCUT2D eigenvalue weighted by Crippen LogP contribution is -2.56. The molecule has 1 saturated heterocycles. The smallest absolute Gasteiger partial charge is 0.288 e. The van der Waals surface area contributed by atoms with E-state index in [0.29, 0.717) is 6.42 Å². The van der Waals surface area contributed by atoms with Gasteiger partial charge < -0.3 is 0 Å². The van der Waals surface area contributed by atoms with Crippen LogP contribution < -0.4 is 5.43 Å². The number of carbonyl (C=O) groups is 1. The van der Waals surface area contributed by atoms with Crippen molar-refractivity contribution in [2.75, 3.05) is 0 Å². The normalized spacial score (nSPS) is 19.3. The van der Waals surface area contributed by atoms with Gasteiger partial charge in [0.05, 0.1) is 0 Å². The number of carbonyl (C=O) groups excluding carboxylic acids is 1. The zero-order valence-electron chi connectivity index (χ0n) is 14.2. The van der Waals surface area contributed by atoms with E-state index in [2.05, 4.69) is 5.43 Å². The van der Waals surface area contributed by atoms with Crippen molar-refractivity contribution in [2.24, 2.45) is 0 Å². The lowest BCUT2D eigenvalue weighted by molar-refractivity contribution is -0.202. The van der Waals surface area contributed by atoms with Gasteiger partial charge in [-0.3, -0.25) is 10.2 Å². The highest BCUT2D eigenvalue weighted by Crippen LogP contribution is 2.35. The van der Waals surface area contributed by atoms with Crippen molar-refractivity contribution in [1.82, 2.24) is 10.4 Å². The fraction of sp³-hybridized carbons (Fsp3) is 0.611. The number of halogens is 3. The van der Waals surface area contributed by atoms with Gasteiger partial charge in [-0.2, -0.15) is 13.2 Å². The average molecular weight is 342 g/mol. The Hall–Kier alpha value is -1.56. The summed E-state index contributed by atoms with van der Waals surface area (Å²) in [5.41, 5.74) is 2.78. The molecule has 1 fully saturated rings. The number of rotatable bonds is 7. The fourth-order valence-electron chi connectivity index (χ4n) is 3.23. The monoisotopic (exact) mass is 342 g/mol. The Morgan fingerprint density at radius 2 is 1.83 bits per heavy atom. The van der Waals surface area contributed by atoms with E-state index in [-0.39, 0.29) is 18.7 Å². The Morgan fingerprint density at radius 1 is 1.17 bits per heavy atom. The second kappa shape index (κ2) is 7.55. The van der Waals surface area contributed by atoms with Gasteiger partial charge in [-0.15, -0.1) is 0 Å². The summed E-state index contributed by atoms with van der Waals surface area (Å²) in [4.78, 5) is 11.5. The molecule has 6 heteroatoms. The number of amides is 1. The lowest BCUT2D eigenvalue weighted by atomic mass is 9.97. The molecule has 1 amide bonds. The summed E-state index contributed by atoms with van der Waals surface area (Å²) < 4.78 is 40.3. The molecule has 1 N–H and O–H groups in total. The van der Waals surface area contributed by atoms with Gasteiger partial charge in [0.1, 0.15) is 6.04 Å². The molecule has 1 unspecified atom stereocenters. The Morgan fingerprint density at radius 3 is 2.38 bits per heavy atom. The topological polar surface area (TPSA) is 32.3 Å². The molecule has 1 aliphatic heterocycles. The zero-order valence-corrected chi connectivity index (χ0v) is 14.2. The molecule has 2 rings (SSSR count). The van der Waals surface area contributed by atoms with Crippen LogP contribution in [0.5, 0.6) is 0 Å². The maximum Gasteiger partial charge on any atom is 0.405 e. The number of unbranched alkanes of at least 4 members (excludes halogenated alkanes) is 2. The summed E-state index contributed by atoms with van der Waals surface area (Å²) in [6, 6.07) is 8.31. The fourth-order valence-corrected chi connectivity index (χ4v) is 3.23. The second-order valence-electron chi connectivity index (χ2n) is 7.04. The molecular weight excluding hydrogens is 317 g/mol. The minimum atomic E-state index is -4.35. The quantitative estimate of drug-likeness (QED) is 0.752. The number of benzene rings is 1. The van der Waals surface area contributed by atoms with Crippen LogP contribution in [0.1, 0.15) is 51.5 Å². The third-order valence-corrected chi connectivity index (χ3v) is 4.47. The maximum atomic E-state index is 13.4. The average Bonchev–Trinajstić information content (AvgIpc) is 2.75. The molecule has 1 atom stereocenters. The van der Waals surface area contributed by atoms with Crippen LogP contribution in [0.2, 0.25) is 0 Å². The Kier molecular flexibility index (Phi) is 5.91. The molecule has 0 radical (unpaired) electrons. The molecule has 1 aromatic carbocycles. The lowest BCUT2D eigenvalue weighted by Gasteiger charge is -2.37. The molecule has 1 aliphatic rings. The third kappa shape index (κ3) is 4.97. The van der Waals surface area contributed by atoms with Gasteiger partial charge in [-0.1, -0.05) is 43.2 Å². The Balaban J connectivity index is 1.85. The second-order valence-corrected chi connectivity index (χ2v) is 7.04. The van der Waals surface area contributed by atoms with E-state index in [1.54, 1.807) is 13.8 Å². The van der Waals surface area contributed by atoms with Crippen LogP contribution in [-0.4, -0.2) is 28.7 Å². The molecular formula is C18H25F3N2O. The molecule has 0 bridgehead atoms. The molecule has 0 saturated carbocycles. The molecule has 0 aliphatic carbocycles. The SMILES string of the molecule is CC1(C)CC(=O)NN1C(CCCCCc1ccccc1)C(F)(F)F. The molecule has 0 aromatic heterocycles. The summed E-state index contributed by atoms with van der Waals surface area (Å²) in [5, 5.41) is 1.10. The van der Waals surface area contributed by atoms with Crippen LogP contribution in [0.3, 0.4) is 0 Å². The van der Waals surface area contributed by atoms with Gasteiger partial charge >= 0.3 is 6.18 Å². The number of hydrogen-bond donors (Lipinski definition) is 1. The summed E-state index contributed by atoms with van der Waals surface area (Å²) in [6.45, 7) is 3.33. The van der Waals surface area contributed by atoms with Crippen LogP contribution in [0.25, 0.3) is 0 Å². The number of nitrogens with one attached hydrogen (secondary N) is 1. The maximum absolute atomic E-state index is 13.4. The van der Waals surface area contributed by atoms with Crippen LogP contribution in [0.4, 0.5) is 13.2 Å². The summed E-state index contributed by atoms with van der Waals surface area (Å²) >= 11 is 0. The van der Waals surface area contributed by atoms with Crippen molar-refractivity contribution in [1.29, 1.82) is 0 Å². The highest BCUT2D eigenvalue weighted by atomic mass is 19.4. The van der Waals surface area contributed by atoms with Gasteiger partial charge in [-0.25, -0.2) is 5.01 Å². The first-order chi connectivity index (χ1) is 11.2. The molecule has 24 heavy (non-hydrogen) atoms. The van der Waals surface area contributed by atoms with Gasteiger partial charge in [0.2, 0.25) is 5.91 Å². The third-order valence-electron chi connectivity index (χ3n) is 4.47. The number of nitrogens with zero attached hydrogens (tertiary/aromatic N) is 1. The van der Waals surface area contributed by atoms with Crippen molar-refractivity contribution in [3.05, 3.63) is 35.9 Å².